The molecule has 1 aromatic carbocycles. The second kappa shape index (κ2) is 9.19. The van der Waals surface area contributed by atoms with E-state index in [1.165, 1.54) is 38.8 Å². The number of carbonyl (C=O) groups is 1. The molecular formula is C20H26ClN3O2. The van der Waals surface area contributed by atoms with Crippen molar-refractivity contribution >= 4 is 17.5 Å². The van der Waals surface area contributed by atoms with Crippen LogP contribution in [0.3, 0.4) is 0 Å². The van der Waals surface area contributed by atoms with Crippen LogP contribution in [0.1, 0.15) is 48.2 Å². The van der Waals surface area contributed by atoms with Crippen LogP contribution in [0, 0.1) is 6.92 Å². The van der Waals surface area contributed by atoms with Crippen molar-refractivity contribution in [2.75, 3.05) is 26.2 Å². The van der Waals surface area contributed by atoms with Crippen LogP contribution >= 0.6 is 11.6 Å². The summed E-state index contributed by atoms with van der Waals surface area (Å²) < 4.78 is 5.26. The Balaban J connectivity index is 1.57. The summed E-state index contributed by atoms with van der Waals surface area (Å²) in [4.78, 5) is 15.2. The summed E-state index contributed by atoms with van der Waals surface area (Å²) in [6, 6.07) is 7.29. The minimum absolute atomic E-state index is 0.144. The normalized spacial score (nSPS) is 15.6. The van der Waals surface area contributed by atoms with E-state index in [1.807, 2.05) is 12.1 Å². The van der Waals surface area contributed by atoms with Crippen molar-refractivity contribution < 1.29 is 9.32 Å². The summed E-state index contributed by atoms with van der Waals surface area (Å²) >= 11 is 6.06. The predicted octanol–water partition coefficient (Wildman–Crippen LogP) is 4.30. The summed E-state index contributed by atoms with van der Waals surface area (Å²) in [6.07, 6.45) is 6.20. The Kier molecular flexibility index (Phi) is 6.69. The minimum atomic E-state index is -0.144. The molecule has 1 saturated heterocycles. The number of carbonyl (C=O) groups excluding carboxylic acids is 1. The molecule has 6 heteroatoms. The van der Waals surface area contributed by atoms with Crippen molar-refractivity contribution in [2.45, 2.75) is 39.0 Å². The molecule has 1 aliphatic rings. The largest absolute Gasteiger partial charge is 0.360 e. The summed E-state index contributed by atoms with van der Waals surface area (Å²) in [6.45, 7) is 5.79. The first-order valence-corrected chi connectivity index (χ1v) is 9.75. The first-order valence-electron chi connectivity index (χ1n) is 9.38. The van der Waals surface area contributed by atoms with Gasteiger partial charge >= 0.3 is 0 Å². The Morgan fingerprint density at radius 3 is 2.77 bits per heavy atom. The van der Waals surface area contributed by atoms with Crippen molar-refractivity contribution in [3.8, 4) is 11.3 Å². The van der Waals surface area contributed by atoms with E-state index < -0.39 is 0 Å². The number of aromatic nitrogens is 1. The highest BCUT2D eigenvalue weighted by Gasteiger charge is 2.21. The van der Waals surface area contributed by atoms with Gasteiger partial charge in [-0.15, -0.1) is 0 Å². The van der Waals surface area contributed by atoms with Gasteiger partial charge in [0.05, 0.1) is 0 Å². The van der Waals surface area contributed by atoms with Crippen LogP contribution in [-0.4, -0.2) is 42.1 Å². The fourth-order valence-corrected chi connectivity index (χ4v) is 3.62. The van der Waals surface area contributed by atoms with Gasteiger partial charge in [0.1, 0.15) is 17.0 Å². The summed E-state index contributed by atoms with van der Waals surface area (Å²) in [7, 11) is 0. The Morgan fingerprint density at radius 1 is 1.27 bits per heavy atom. The molecule has 0 radical (unpaired) electrons. The third kappa shape index (κ3) is 4.86. The number of halogens is 1. The van der Waals surface area contributed by atoms with Crippen molar-refractivity contribution in [1.29, 1.82) is 0 Å². The lowest BCUT2D eigenvalue weighted by Gasteiger charge is -2.19. The maximum Gasteiger partial charge on any atom is 0.257 e. The summed E-state index contributed by atoms with van der Waals surface area (Å²) in [5.74, 6) is 0.375. The monoisotopic (exact) mass is 375 g/mol. The first-order chi connectivity index (χ1) is 12.6. The highest BCUT2D eigenvalue weighted by atomic mass is 35.5. The fraction of sp³-hybridized carbons (Fsp3) is 0.500. The second-order valence-corrected chi connectivity index (χ2v) is 7.27. The molecule has 1 aromatic heterocycles. The number of hydrogen-bond acceptors (Lipinski definition) is 4. The van der Waals surface area contributed by atoms with Gasteiger partial charge in [-0.2, -0.15) is 0 Å². The smallest absolute Gasteiger partial charge is 0.257 e. The summed E-state index contributed by atoms with van der Waals surface area (Å²) in [5, 5.41) is 7.67. The number of nitrogens with one attached hydrogen (secondary N) is 1. The lowest BCUT2D eigenvalue weighted by Crippen LogP contribution is -2.31. The second-order valence-electron chi connectivity index (χ2n) is 6.84. The zero-order valence-electron chi connectivity index (χ0n) is 15.3. The molecule has 3 rings (SSSR count). The maximum atomic E-state index is 12.7. The van der Waals surface area contributed by atoms with E-state index in [1.54, 1.807) is 19.1 Å². The van der Waals surface area contributed by atoms with E-state index in [0.717, 1.165) is 18.5 Å². The fourth-order valence-electron chi connectivity index (χ4n) is 3.43. The lowest BCUT2D eigenvalue weighted by molar-refractivity contribution is 0.0950. The Hall–Kier alpha value is -1.85. The van der Waals surface area contributed by atoms with E-state index in [4.69, 9.17) is 16.1 Å². The molecule has 1 amide bonds. The van der Waals surface area contributed by atoms with Crippen LogP contribution < -0.4 is 5.32 Å². The Labute approximate surface area is 159 Å². The zero-order chi connectivity index (χ0) is 18.4. The van der Waals surface area contributed by atoms with Gasteiger partial charge in [0, 0.05) is 17.1 Å². The Bertz CT molecular complexity index is 736. The number of rotatable bonds is 6. The topological polar surface area (TPSA) is 58.4 Å². The van der Waals surface area contributed by atoms with Crippen molar-refractivity contribution in [2.24, 2.45) is 0 Å². The minimum Gasteiger partial charge on any atom is -0.360 e. The molecule has 0 aliphatic carbocycles. The average molecular weight is 376 g/mol. The van der Waals surface area contributed by atoms with Crippen molar-refractivity contribution in [3.63, 3.8) is 0 Å². The van der Waals surface area contributed by atoms with Gasteiger partial charge in [-0.25, -0.2) is 0 Å². The molecule has 1 aliphatic heterocycles. The van der Waals surface area contributed by atoms with Crippen LogP contribution in [0.4, 0.5) is 0 Å². The molecule has 140 valence electrons. The predicted molar refractivity (Wildman–Crippen MR) is 104 cm³/mol. The quantitative estimate of drug-likeness (QED) is 0.765. The maximum absolute atomic E-state index is 12.7. The van der Waals surface area contributed by atoms with E-state index in [9.17, 15) is 4.79 Å². The van der Waals surface area contributed by atoms with E-state index in [-0.39, 0.29) is 5.91 Å². The van der Waals surface area contributed by atoms with E-state index >= 15 is 0 Å². The molecule has 5 nitrogen and oxygen atoms in total. The molecule has 2 aromatic rings. The standard InChI is InChI=1S/C20H26ClN3O2/c1-15-18(19(23-26-15)16-8-6-9-17(21)14-16)20(25)22-10-7-13-24-11-4-2-3-5-12-24/h6,8-9,14H,2-5,7,10-13H2,1H3,(H,22,25). The number of hydrogen-bond donors (Lipinski definition) is 1. The van der Waals surface area contributed by atoms with Crippen molar-refractivity contribution in [3.05, 3.63) is 40.6 Å². The molecule has 0 bridgehead atoms. The number of benzene rings is 1. The van der Waals surface area contributed by atoms with Gasteiger partial charge in [-0.1, -0.05) is 41.7 Å². The molecule has 0 spiro atoms. The number of amides is 1. The van der Waals surface area contributed by atoms with Crippen LogP contribution in [0.5, 0.6) is 0 Å². The molecule has 0 unspecified atom stereocenters. The lowest BCUT2D eigenvalue weighted by atomic mass is 10.1. The van der Waals surface area contributed by atoms with E-state index in [0.29, 0.717) is 28.6 Å². The average Bonchev–Trinajstić information content (AvgIpc) is 2.84. The zero-order valence-corrected chi connectivity index (χ0v) is 16.0. The molecule has 1 fully saturated rings. The van der Waals surface area contributed by atoms with Gasteiger partial charge in [0.2, 0.25) is 0 Å². The molecule has 2 heterocycles. The van der Waals surface area contributed by atoms with Crippen LogP contribution in [0.15, 0.2) is 28.8 Å². The number of nitrogens with zero attached hydrogens (tertiary/aromatic N) is 2. The number of aryl methyl sites for hydroxylation is 1. The molecule has 1 N–H and O–H groups in total. The molecular weight excluding hydrogens is 350 g/mol. The summed E-state index contributed by atoms with van der Waals surface area (Å²) in [5.41, 5.74) is 1.81. The van der Waals surface area contributed by atoms with Crippen LogP contribution in [0.2, 0.25) is 5.02 Å². The molecule has 26 heavy (non-hydrogen) atoms. The number of likely N-dealkylation sites (tertiary alicyclic amines) is 1. The van der Waals surface area contributed by atoms with Gasteiger partial charge in [-0.05, 0) is 58.0 Å². The van der Waals surface area contributed by atoms with Gasteiger partial charge in [0.15, 0.2) is 0 Å². The third-order valence-electron chi connectivity index (χ3n) is 4.82. The molecule has 0 saturated carbocycles. The highest BCUT2D eigenvalue weighted by Crippen LogP contribution is 2.27. The van der Waals surface area contributed by atoms with Crippen LogP contribution in [0.25, 0.3) is 11.3 Å². The highest BCUT2D eigenvalue weighted by molar-refractivity contribution is 6.30. The van der Waals surface area contributed by atoms with Gasteiger partial charge < -0.3 is 14.7 Å². The SMILES string of the molecule is Cc1onc(-c2cccc(Cl)c2)c1C(=O)NCCCN1CCCCCC1. The first kappa shape index (κ1) is 18.9. The Morgan fingerprint density at radius 2 is 2.04 bits per heavy atom. The van der Waals surface area contributed by atoms with Crippen molar-refractivity contribution in [1.82, 2.24) is 15.4 Å². The third-order valence-corrected chi connectivity index (χ3v) is 5.06. The van der Waals surface area contributed by atoms with Gasteiger partial charge in [-0.3, -0.25) is 4.79 Å². The molecule has 0 atom stereocenters. The van der Waals surface area contributed by atoms with E-state index in [2.05, 4.69) is 15.4 Å². The van der Waals surface area contributed by atoms with Crippen LogP contribution in [-0.2, 0) is 0 Å². The van der Waals surface area contributed by atoms with Gasteiger partial charge in [0.25, 0.3) is 5.91 Å².